The summed E-state index contributed by atoms with van der Waals surface area (Å²) in [6, 6.07) is 0. The Morgan fingerprint density at radius 3 is 0.957 bits per heavy atom. The molecule has 0 fully saturated rings. The maximum atomic E-state index is 7.11. The van der Waals surface area contributed by atoms with Gasteiger partial charge < -0.3 is 11.5 Å². The molecule has 0 heterocycles. The first-order valence-electron chi connectivity index (χ1n) is 8.56. The van der Waals surface area contributed by atoms with E-state index in [0.717, 1.165) is 11.5 Å². The van der Waals surface area contributed by atoms with Crippen molar-refractivity contribution in [3.05, 3.63) is 0 Å². The Hall–Kier alpha value is 0.120. The van der Waals surface area contributed by atoms with Gasteiger partial charge in [0.25, 0.3) is 0 Å². The number of nitrogens with one attached hydrogen (secondary N) is 2. The van der Waals surface area contributed by atoms with E-state index in [1.165, 1.54) is 101 Å². The quantitative estimate of drug-likeness (QED) is 0.158. The normalized spacial score (nSPS) is 10.3. The van der Waals surface area contributed by atoms with Gasteiger partial charge >= 0.3 is 0 Å². The van der Waals surface area contributed by atoms with Gasteiger partial charge in [0.1, 0.15) is 0 Å². The topological polar surface area (TPSA) is 99.7 Å². The minimum Gasteiger partial charge on any atom is -0.379 e. The van der Waals surface area contributed by atoms with E-state index in [-0.39, 0.29) is 27.3 Å². The Kier molecular flexibility index (Phi) is 22.2. The summed E-state index contributed by atoms with van der Waals surface area (Å²) in [6.07, 6.45) is 15.8. The first-order valence-corrected chi connectivity index (χ1v) is 10.5. The molecule has 6 N–H and O–H groups in total. The van der Waals surface area contributed by atoms with Crippen molar-refractivity contribution in [2.75, 3.05) is 11.5 Å². The van der Waals surface area contributed by atoms with Crippen molar-refractivity contribution >= 4 is 50.8 Å². The number of halogens is 1. The van der Waals surface area contributed by atoms with Gasteiger partial charge in [0.05, 0.1) is 0 Å². The molecule has 0 aromatic heterocycles. The van der Waals surface area contributed by atoms with Gasteiger partial charge in [-0.2, -0.15) is 0 Å². The Morgan fingerprint density at radius 2 is 0.739 bits per heavy atom. The molecule has 0 amide bonds. The van der Waals surface area contributed by atoms with E-state index in [1.807, 2.05) is 0 Å². The summed E-state index contributed by atoms with van der Waals surface area (Å²) >= 11 is 2.92. The molecule has 0 spiro atoms. The fourth-order valence-electron chi connectivity index (χ4n) is 2.34. The van der Waals surface area contributed by atoms with Crippen LogP contribution in [0.4, 0.5) is 0 Å². The Morgan fingerprint density at radius 1 is 0.522 bits per heavy atom. The van der Waals surface area contributed by atoms with E-state index in [9.17, 15) is 0 Å². The van der Waals surface area contributed by atoms with E-state index < -0.39 is 0 Å². The Balaban J connectivity index is 0. The van der Waals surface area contributed by atoms with E-state index in [4.69, 9.17) is 22.3 Å². The molecule has 4 nitrogen and oxygen atoms in total. The number of amidine groups is 2. The lowest BCUT2D eigenvalue weighted by molar-refractivity contribution is 0.549. The van der Waals surface area contributed by atoms with E-state index in [2.05, 4.69) is 0 Å². The monoisotopic (exact) mass is 426 g/mol. The molecular formula is C16H35BrN4S2. The summed E-state index contributed by atoms with van der Waals surface area (Å²) in [5.41, 5.74) is 10.6. The molecule has 0 bridgehead atoms. The van der Waals surface area contributed by atoms with Gasteiger partial charge in [-0.3, -0.25) is 10.8 Å². The first kappa shape index (κ1) is 25.4. The third-order valence-corrected chi connectivity index (χ3v) is 5.16. The number of unbranched alkanes of at least 4 members (excludes halogenated alkanes) is 11. The average Bonchev–Trinajstić information content (AvgIpc) is 2.46. The van der Waals surface area contributed by atoms with Crippen LogP contribution >= 0.6 is 40.5 Å². The summed E-state index contributed by atoms with van der Waals surface area (Å²) in [5.74, 6) is 2.00. The van der Waals surface area contributed by atoms with Crippen LogP contribution in [0.3, 0.4) is 0 Å². The molecule has 0 saturated carbocycles. The highest BCUT2D eigenvalue weighted by atomic mass is 79.9. The predicted octanol–water partition coefficient (Wildman–Crippen LogP) is 5.50. The van der Waals surface area contributed by atoms with Crippen LogP contribution in [-0.4, -0.2) is 21.8 Å². The molecule has 0 radical (unpaired) electrons. The molecule has 0 saturated heterocycles. The predicted molar refractivity (Wildman–Crippen MR) is 114 cm³/mol. The molecule has 23 heavy (non-hydrogen) atoms. The molecule has 7 heteroatoms. The molecule has 0 aromatic rings. The molecule has 0 aliphatic rings. The second-order valence-corrected chi connectivity index (χ2v) is 7.94. The third-order valence-electron chi connectivity index (χ3n) is 3.55. The molecule has 0 rings (SSSR count). The smallest absolute Gasteiger partial charge is 0.151 e. The summed E-state index contributed by atoms with van der Waals surface area (Å²) < 4.78 is 0. The SMILES string of the molecule is Br.N=C(N)SCCCCCCCCCCCCCCSC(=N)N. The van der Waals surface area contributed by atoms with Crippen molar-refractivity contribution in [2.45, 2.75) is 77.0 Å². The average molecular weight is 428 g/mol. The number of nitrogens with two attached hydrogens (primary N) is 2. The van der Waals surface area contributed by atoms with Crippen LogP contribution in [0.1, 0.15) is 77.0 Å². The van der Waals surface area contributed by atoms with Crippen LogP contribution in [-0.2, 0) is 0 Å². The Labute approximate surface area is 161 Å². The van der Waals surface area contributed by atoms with Crippen LogP contribution in [0.25, 0.3) is 0 Å². The molecule has 0 aromatic carbocycles. The van der Waals surface area contributed by atoms with Crippen molar-refractivity contribution in [3.8, 4) is 0 Å². The van der Waals surface area contributed by atoms with E-state index in [0.29, 0.717) is 0 Å². The van der Waals surface area contributed by atoms with Gasteiger partial charge in [0.2, 0.25) is 0 Å². The second-order valence-electron chi connectivity index (χ2n) is 5.67. The number of hydrogen-bond acceptors (Lipinski definition) is 4. The van der Waals surface area contributed by atoms with Crippen molar-refractivity contribution in [3.63, 3.8) is 0 Å². The lowest BCUT2D eigenvalue weighted by atomic mass is 10.1. The van der Waals surface area contributed by atoms with Crippen molar-refractivity contribution in [1.82, 2.24) is 0 Å². The van der Waals surface area contributed by atoms with Gasteiger partial charge in [0, 0.05) is 11.5 Å². The van der Waals surface area contributed by atoms with Gasteiger partial charge in [-0.05, 0) is 12.8 Å². The van der Waals surface area contributed by atoms with Crippen LogP contribution in [0.5, 0.6) is 0 Å². The zero-order valence-electron chi connectivity index (χ0n) is 14.3. The number of hydrogen-bond donors (Lipinski definition) is 4. The maximum absolute atomic E-state index is 7.11. The Bertz CT molecular complexity index is 263. The highest BCUT2D eigenvalue weighted by molar-refractivity contribution is 8.93. The summed E-state index contributed by atoms with van der Waals surface area (Å²) in [7, 11) is 0. The molecular weight excluding hydrogens is 392 g/mol. The van der Waals surface area contributed by atoms with Crippen LogP contribution in [0.15, 0.2) is 0 Å². The molecule has 0 aliphatic carbocycles. The zero-order valence-corrected chi connectivity index (χ0v) is 17.6. The zero-order chi connectivity index (χ0) is 16.5. The minimum absolute atomic E-state index is 0. The fraction of sp³-hybridized carbons (Fsp3) is 0.875. The summed E-state index contributed by atoms with van der Waals surface area (Å²) in [4.78, 5) is 0. The second kappa shape index (κ2) is 20.2. The number of rotatable bonds is 15. The van der Waals surface area contributed by atoms with Gasteiger partial charge in [-0.15, -0.1) is 17.0 Å². The summed E-state index contributed by atoms with van der Waals surface area (Å²) in [5, 5.41) is 14.7. The molecule has 0 unspecified atom stereocenters. The van der Waals surface area contributed by atoms with Crippen LogP contribution in [0.2, 0.25) is 0 Å². The van der Waals surface area contributed by atoms with Gasteiger partial charge in [0.15, 0.2) is 10.3 Å². The molecule has 0 aliphatic heterocycles. The minimum atomic E-state index is 0. The third kappa shape index (κ3) is 24.5. The van der Waals surface area contributed by atoms with Gasteiger partial charge in [-0.1, -0.05) is 87.7 Å². The standard InChI is InChI=1S/C16H34N4S2.BrH/c17-15(18)21-13-11-9-7-5-3-1-2-4-6-8-10-12-14-22-16(19)20;/h1-14H2,(H3,17,18)(H3,19,20);1H. The summed E-state index contributed by atoms with van der Waals surface area (Å²) in [6.45, 7) is 0. The van der Waals surface area contributed by atoms with Crippen LogP contribution in [0, 0.1) is 10.8 Å². The maximum Gasteiger partial charge on any atom is 0.151 e. The molecule has 138 valence electrons. The fourth-order valence-corrected chi connectivity index (χ4v) is 3.47. The number of thioether (sulfide) groups is 2. The van der Waals surface area contributed by atoms with E-state index >= 15 is 0 Å². The van der Waals surface area contributed by atoms with Crippen molar-refractivity contribution < 1.29 is 0 Å². The molecule has 0 atom stereocenters. The first-order chi connectivity index (χ1) is 10.6. The van der Waals surface area contributed by atoms with Crippen molar-refractivity contribution in [1.29, 1.82) is 10.8 Å². The lowest BCUT2D eigenvalue weighted by Crippen LogP contribution is -2.04. The highest BCUT2D eigenvalue weighted by Crippen LogP contribution is 2.13. The van der Waals surface area contributed by atoms with Crippen LogP contribution < -0.4 is 11.5 Å². The van der Waals surface area contributed by atoms with Crippen molar-refractivity contribution in [2.24, 2.45) is 11.5 Å². The highest BCUT2D eigenvalue weighted by Gasteiger charge is 1.96. The van der Waals surface area contributed by atoms with Gasteiger partial charge in [-0.25, -0.2) is 0 Å². The lowest BCUT2D eigenvalue weighted by Gasteiger charge is -2.03. The largest absolute Gasteiger partial charge is 0.379 e. The van der Waals surface area contributed by atoms with E-state index in [1.54, 1.807) is 0 Å².